The molecule has 0 radical (unpaired) electrons. The van der Waals surface area contributed by atoms with Crippen molar-refractivity contribution in [3.63, 3.8) is 0 Å². The van der Waals surface area contributed by atoms with Crippen molar-refractivity contribution in [1.82, 2.24) is 0 Å². The fourth-order valence-electron chi connectivity index (χ4n) is 4.48. The highest BCUT2D eigenvalue weighted by atomic mass is 19.2. The number of halogens is 3. The van der Waals surface area contributed by atoms with Gasteiger partial charge in [-0.25, -0.2) is 13.2 Å². The van der Waals surface area contributed by atoms with E-state index in [1.165, 1.54) is 12.2 Å². The lowest BCUT2D eigenvalue weighted by Crippen LogP contribution is -2.23. The lowest BCUT2D eigenvalue weighted by atomic mass is 9.78. The number of benzene rings is 2. The van der Waals surface area contributed by atoms with Crippen LogP contribution in [0, 0.1) is 11.7 Å². The molecule has 2 aliphatic carbocycles. The van der Waals surface area contributed by atoms with Crippen LogP contribution < -0.4 is 0 Å². The number of allylic oxidation sites excluding steroid dienone is 5. The van der Waals surface area contributed by atoms with Gasteiger partial charge in [0.05, 0.1) is 0 Å². The Labute approximate surface area is 175 Å². The zero-order valence-electron chi connectivity index (χ0n) is 16.7. The lowest BCUT2D eigenvalue weighted by Gasteiger charge is -2.27. The molecule has 156 valence electrons. The predicted octanol–water partition coefficient (Wildman–Crippen LogP) is 7.47. The van der Waals surface area contributed by atoms with Crippen molar-refractivity contribution in [3.05, 3.63) is 90.0 Å². The first-order valence-electron chi connectivity index (χ1n) is 10.4. The summed E-state index contributed by atoms with van der Waals surface area (Å²) in [5.74, 6) is -0.0114. The molecule has 1 nitrogen and oxygen atoms in total. The zero-order chi connectivity index (χ0) is 21.3. The number of aliphatic hydroxyl groups is 1. The average Bonchev–Trinajstić information content (AvgIpc) is 2.78. The summed E-state index contributed by atoms with van der Waals surface area (Å²) in [6.45, 7) is 3.86. The number of aliphatic hydroxyl groups excluding tert-OH is 1. The normalized spacial score (nSPS) is 26.6. The molecular weight excluding hydrogens is 385 g/mol. The maximum atomic E-state index is 14.8. The SMILES string of the molecule is C=CC1CCC(c2ccc(-c3ccc(C4=CC=C(O)C(F)C4F)cc3)cc2F)CC1. The second kappa shape index (κ2) is 8.55. The van der Waals surface area contributed by atoms with Crippen LogP contribution in [0.3, 0.4) is 0 Å². The Kier molecular flexibility index (Phi) is 5.85. The molecule has 4 heteroatoms. The molecule has 0 bridgehead atoms. The molecule has 2 atom stereocenters. The van der Waals surface area contributed by atoms with E-state index in [1.54, 1.807) is 30.3 Å². The van der Waals surface area contributed by atoms with Crippen LogP contribution in [0.4, 0.5) is 13.2 Å². The fraction of sp³-hybridized carbons (Fsp3) is 0.308. The summed E-state index contributed by atoms with van der Waals surface area (Å²) >= 11 is 0. The van der Waals surface area contributed by atoms with E-state index in [9.17, 15) is 18.3 Å². The number of alkyl halides is 2. The smallest absolute Gasteiger partial charge is 0.192 e. The monoisotopic (exact) mass is 410 g/mol. The largest absolute Gasteiger partial charge is 0.509 e. The standard InChI is InChI=1S/C26H25F3O/c1-2-16-3-5-18(6-4-16)21-12-11-20(15-23(21)27)17-7-9-19(10-8-17)22-13-14-24(30)26(29)25(22)28/h2,7-16,18,25-26,30H,1,3-6H2. The molecule has 0 aromatic heterocycles. The summed E-state index contributed by atoms with van der Waals surface area (Å²) in [5.41, 5.74) is 3.04. The second-order valence-corrected chi connectivity index (χ2v) is 8.18. The van der Waals surface area contributed by atoms with Crippen LogP contribution in [0.25, 0.3) is 16.7 Å². The Hall–Kier alpha value is -2.75. The third-order valence-corrected chi connectivity index (χ3v) is 6.37. The van der Waals surface area contributed by atoms with Gasteiger partial charge in [-0.2, -0.15) is 0 Å². The molecule has 30 heavy (non-hydrogen) atoms. The van der Waals surface area contributed by atoms with Crippen LogP contribution in [0.15, 0.2) is 73.0 Å². The second-order valence-electron chi connectivity index (χ2n) is 8.18. The topological polar surface area (TPSA) is 20.2 Å². The summed E-state index contributed by atoms with van der Waals surface area (Å²) in [7, 11) is 0. The summed E-state index contributed by atoms with van der Waals surface area (Å²) in [6.07, 6.45) is 4.66. The minimum Gasteiger partial charge on any atom is -0.509 e. The highest BCUT2D eigenvalue weighted by Gasteiger charge is 2.31. The van der Waals surface area contributed by atoms with Crippen LogP contribution in [-0.4, -0.2) is 17.4 Å². The first-order valence-corrected chi connectivity index (χ1v) is 10.4. The van der Waals surface area contributed by atoms with E-state index in [2.05, 4.69) is 6.58 Å². The highest BCUT2D eigenvalue weighted by Crippen LogP contribution is 2.38. The van der Waals surface area contributed by atoms with E-state index in [4.69, 9.17) is 0 Å². The molecule has 0 aliphatic heterocycles. The first kappa shape index (κ1) is 20.5. The van der Waals surface area contributed by atoms with Crippen molar-refractivity contribution >= 4 is 5.57 Å². The molecule has 1 fully saturated rings. The van der Waals surface area contributed by atoms with Crippen molar-refractivity contribution in [2.75, 3.05) is 0 Å². The highest BCUT2D eigenvalue weighted by molar-refractivity contribution is 5.75. The molecule has 1 saturated carbocycles. The van der Waals surface area contributed by atoms with Crippen LogP contribution in [0.5, 0.6) is 0 Å². The molecule has 2 unspecified atom stereocenters. The Balaban J connectivity index is 1.52. The van der Waals surface area contributed by atoms with Gasteiger partial charge < -0.3 is 5.11 Å². The van der Waals surface area contributed by atoms with Gasteiger partial charge in [-0.1, -0.05) is 48.6 Å². The summed E-state index contributed by atoms with van der Waals surface area (Å²) in [6, 6.07) is 12.3. The number of hydrogen-bond donors (Lipinski definition) is 1. The van der Waals surface area contributed by atoms with Gasteiger partial charge in [-0.15, -0.1) is 6.58 Å². The van der Waals surface area contributed by atoms with Gasteiger partial charge in [0.1, 0.15) is 11.6 Å². The summed E-state index contributed by atoms with van der Waals surface area (Å²) < 4.78 is 42.8. The van der Waals surface area contributed by atoms with Gasteiger partial charge in [-0.3, -0.25) is 0 Å². The third-order valence-electron chi connectivity index (χ3n) is 6.37. The molecule has 0 saturated heterocycles. The van der Waals surface area contributed by atoms with E-state index in [1.807, 2.05) is 18.2 Å². The van der Waals surface area contributed by atoms with Gasteiger partial charge in [0, 0.05) is 0 Å². The first-order chi connectivity index (χ1) is 14.5. The van der Waals surface area contributed by atoms with E-state index < -0.39 is 18.1 Å². The van der Waals surface area contributed by atoms with Crippen molar-refractivity contribution < 1.29 is 18.3 Å². The molecule has 4 rings (SSSR count). The maximum Gasteiger partial charge on any atom is 0.192 e. The Morgan fingerprint density at radius 1 is 0.833 bits per heavy atom. The van der Waals surface area contributed by atoms with Gasteiger partial charge in [0.15, 0.2) is 12.3 Å². The van der Waals surface area contributed by atoms with Gasteiger partial charge in [0.2, 0.25) is 0 Å². The third kappa shape index (κ3) is 3.96. The van der Waals surface area contributed by atoms with E-state index in [-0.39, 0.29) is 17.3 Å². The van der Waals surface area contributed by atoms with Gasteiger partial charge in [-0.05, 0) is 77.5 Å². The Bertz CT molecular complexity index is 982. The Morgan fingerprint density at radius 2 is 1.47 bits per heavy atom. The molecule has 2 aliphatic rings. The molecule has 2 aromatic rings. The van der Waals surface area contributed by atoms with Crippen molar-refractivity contribution in [3.8, 4) is 11.1 Å². The summed E-state index contributed by atoms with van der Waals surface area (Å²) in [5, 5.41) is 9.34. The molecule has 0 spiro atoms. The number of hydrogen-bond acceptors (Lipinski definition) is 1. The molecule has 0 amide bonds. The van der Waals surface area contributed by atoms with Crippen LogP contribution in [-0.2, 0) is 0 Å². The summed E-state index contributed by atoms with van der Waals surface area (Å²) in [4.78, 5) is 0. The lowest BCUT2D eigenvalue weighted by molar-refractivity contribution is 0.181. The van der Waals surface area contributed by atoms with Crippen LogP contribution in [0.1, 0.15) is 42.7 Å². The zero-order valence-corrected chi connectivity index (χ0v) is 16.7. The van der Waals surface area contributed by atoms with Gasteiger partial charge >= 0.3 is 0 Å². The molecular formula is C26H25F3O. The van der Waals surface area contributed by atoms with Crippen molar-refractivity contribution in [2.24, 2.45) is 5.92 Å². The van der Waals surface area contributed by atoms with Crippen molar-refractivity contribution in [2.45, 2.75) is 43.9 Å². The maximum absolute atomic E-state index is 14.8. The predicted molar refractivity (Wildman–Crippen MR) is 115 cm³/mol. The molecule has 2 aromatic carbocycles. The number of rotatable bonds is 4. The quantitative estimate of drug-likeness (QED) is 0.519. The van der Waals surface area contributed by atoms with E-state index in [0.717, 1.165) is 42.4 Å². The van der Waals surface area contributed by atoms with Crippen LogP contribution in [0.2, 0.25) is 0 Å². The van der Waals surface area contributed by atoms with E-state index in [0.29, 0.717) is 11.5 Å². The van der Waals surface area contributed by atoms with E-state index >= 15 is 0 Å². The Morgan fingerprint density at radius 3 is 2.10 bits per heavy atom. The molecule has 0 heterocycles. The van der Waals surface area contributed by atoms with Gasteiger partial charge in [0.25, 0.3) is 0 Å². The molecule has 1 N–H and O–H groups in total. The van der Waals surface area contributed by atoms with Crippen molar-refractivity contribution in [1.29, 1.82) is 0 Å². The minimum absolute atomic E-state index is 0.184. The minimum atomic E-state index is -2.05. The van der Waals surface area contributed by atoms with Crippen LogP contribution >= 0.6 is 0 Å². The fourth-order valence-corrected chi connectivity index (χ4v) is 4.48. The average molecular weight is 410 g/mol.